The second kappa shape index (κ2) is 6.90. The third-order valence-corrected chi connectivity index (χ3v) is 2.91. The first-order valence-electron chi connectivity index (χ1n) is 6.62. The zero-order chi connectivity index (χ0) is 13.5. The number of pyridine rings is 1. The molecule has 0 bridgehead atoms. The van der Waals surface area contributed by atoms with E-state index in [1.54, 1.807) is 0 Å². The summed E-state index contributed by atoms with van der Waals surface area (Å²) in [6.07, 6.45) is 3.84. The number of unbranched alkanes of at least 4 members (excludes halogenated alkanes) is 1. The van der Waals surface area contributed by atoms with Crippen molar-refractivity contribution in [1.29, 1.82) is 0 Å². The Balaban J connectivity index is 2.25. The van der Waals surface area contributed by atoms with Gasteiger partial charge in [-0.25, -0.2) is 4.98 Å². The fourth-order valence-corrected chi connectivity index (χ4v) is 2.00. The molecule has 0 atom stereocenters. The Labute approximate surface area is 114 Å². The summed E-state index contributed by atoms with van der Waals surface area (Å²) in [5.74, 6) is 0.729. The SMILES string of the molecule is C=CCCCOc1nc(CNC)cc2ccccc12. The quantitative estimate of drug-likeness (QED) is 0.609. The van der Waals surface area contributed by atoms with E-state index >= 15 is 0 Å². The number of nitrogens with zero attached hydrogens (tertiary/aromatic N) is 1. The lowest BCUT2D eigenvalue weighted by atomic mass is 10.1. The summed E-state index contributed by atoms with van der Waals surface area (Å²) >= 11 is 0. The maximum atomic E-state index is 5.82. The fourth-order valence-electron chi connectivity index (χ4n) is 2.00. The zero-order valence-corrected chi connectivity index (χ0v) is 11.4. The smallest absolute Gasteiger partial charge is 0.221 e. The van der Waals surface area contributed by atoms with E-state index in [9.17, 15) is 0 Å². The summed E-state index contributed by atoms with van der Waals surface area (Å²) in [5, 5.41) is 5.36. The first-order chi connectivity index (χ1) is 9.35. The molecule has 0 amide bonds. The van der Waals surface area contributed by atoms with E-state index in [4.69, 9.17) is 4.74 Å². The van der Waals surface area contributed by atoms with E-state index in [1.807, 2.05) is 31.3 Å². The summed E-state index contributed by atoms with van der Waals surface area (Å²) in [6.45, 7) is 5.13. The number of allylic oxidation sites excluding steroid dienone is 1. The molecule has 100 valence electrons. The number of nitrogens with one attached hydrogen (secondary N) is 1. The second-order valence-corrected chi connectivity index (χ2v) is 4.45. The van der Waals surface area contributed by atoms with Crippen molar-refractivity contribution in [2.75, 3.05) is 13.7 Å². The molecule has 3 nitrogen and oxygen atoms in total. The number of benzene rings is 1. The molecule has 0 saturated carbocycles. The van der Waals surface area contributed by atoms with Crippen LogP contribution in [0.15, 0.2) is 43.0 Å². The maximum absolute atomic E-state index is 5.82. The largest absolute Gasteiger partial charge is 0.477 e. The average Bonchev–Trinajstić information content (AvgIpc) is 2.44. The summed E-state index contributed by atoms with van der Waals surface area (Å²) in [6, 6.07) is 10.3. The molecule has 0 unspecified atom stereocenters. The molecule has 3 heteroatoms. The van der Waals surface area contributed by atoms with Crippen LogP contribution >= 0.6 is 0 Å². The summed E-state index contributed by atoms with van der Waals surface area (Å²) in [4.78, 5) is 4.58. The highest BCUT2D eigenvalue weighted by atomic mass is 16.5. The van der Waals surface area contributed by atoms with E-state index in [0.29, 0.717) is 6.61 Å². The van der Waals surface area contributed by atoms with Gasteiger partial charge in [0, 0.05) is 11.9 Å². The molecule has 0 aliphatic rings. The molecule has 1 N–H and O–H groups in total. The van der Waals surface area contributed by atoms with Gasteiger partial charge in [0.15, 0.2) is 0 Å². The topological polar surface area (TPSA) is 34.1 Å². The molecule has 0 radical (unpaired) electrons. The highest BCUT2D eigenvalue weighted by molar-refractivity contribution is 5.87. The third kappa shape index (κ3) is 3.55. The van der Waals surface area contributed by atoms with E-state index in [2.05, 4.69) is 29.0 Å². The molecule has 1 heterocycles. The monoisotopic (exact) mass is 256 g/mol. The summed E-state index contributed by atoms with van der Waals surface area (Å²) in [7, 11) is 1.92. The lowest BCUT2D eigenvalue weighted by Crippen LogP contribution is -2.08. The first-order valence-corrected chi connectivity index (χ1v) is 6.62. The molecule has 19 heavy (non-hydrogen) atoms. The Morgan fingerprint density at radius 2 is 2.21 bits per heavy atom. The van der Waals surface area contributed by atoms with Crippen molar-refractivity contribution in [3.63, 3.8) is 0 Å². The molecule has 1 aromatic carbocycles. The minimum Gasteiger partial charge on any atom is -0.477 e. The van der Waals surface area contributed by atoms with Gasteiger partial charge in [-0.2, -0.15) is 0 Å². The van der Waals surface area contributed by atoms with Crippen molar-refractivity contribution in [3.05, 3.63) is 48.7 Å². The summed E-state index contributed by atoms with van der Waals surface area (Å²) < 4.78 is 5.82. The lowest BCUT2D eigenvalue weighted by molar-refractivity contribution is 0.303. The van der Waals surface area contributed by atoms with Gasteiger partial charge in [-0.1, -0.05) is 24.3 Å². The predicted octanol–water partition coefficient (Wildman–Crippen LogP) is 3.30. The first kappa shape index (κ1) is 13.6. The molecule has 0 spiro atoms. The van der Waals surface area contributed by atoms with Crippen LogP contribution in [0.3, 0.4) is 0 Å². The number of aromatic nitrogens is 1. The number of hydrogen-bond acceptors (Lipinski definition) is 3. The maximum Gasteiger partial charge on any atom is 0.221 e. The van der Waals surface area contributed by atoms with Crippen LogP contribution in [0.5, 0.6) is 5.88 Å². The van der Waals surface area contributed by atoms with Gasteiger partial charge in [0.25, 0.3) is 0 Å². The Bertz CT molecular complexity index is 551. The van der Waals surface area contributed by atoms with E-state index in [-0.39, 0.29) is 0 Å². The Kier molecular flexibility index (Phi) is 4.93. The van der Waals surface area contributed by atoms with E-state index in [1.165, 1.54) is 5.39 Å². The van der Waals surface area contributed by atoms with Crippen LogP contribution in [-0.4, -0.2) is 18.6 Å². The van der Waals surface area contributed by atoms with Gasteiger partial charge in [-0.05, 0) is 37.4 Å². The van der Waals surface area contributed by atoms with Crippen molar-refractivity contribution >= 4 is 10.8 Å². The average molecular weight is 256 g/mol. The Morgan fingerprint density at radius 1 is 1.37 bits per heavy atom. The molecule has 0 saturated heterocycles. The van der Waals surface area contributed by atoms with Crippen LogP contribution in [0.4, 0.5) is 0 Å². The predicted molar refractivity (Wildman–Crippen MR) is 79.4 cm³/mol. The molecular weight excluding hydrogens is 236 g/mol. The summed E-state index contributed by atoms with van der Waals surface area (Å²) in [5.41, 5.74) is 1.000. The highest BCUT2D eigenvalue weighted by Crippen LogP contribution is 2.24. The van der Waals surface area contributed by atoms with E-state index < -0.39 is 0 Å². The van der Waals surface area contributed by atoms with Crippen molar-refractivity contribution in [3.8, 4) is 5.88 Å². The zero-order valence-electron chi connectivity index (χ0n) is 11.4. The molecule has 0 fully saturated rings. The van der Waals surface area contributed by atoms with Crippen LogP contribution in [0.1, 0.15) is 18.5 Å². The van der Waals surface area contributed by atoms with Crippen molar-refractivity contribution in [1.82, 2.24) is 10.3 Å². The molecular formula is C16H20N2O. The van der Waals surface area contributed by atoms with Crippen LogP contribution in [0.2, 0.25) is 0 Å². The van der Waals surface area contributed by atoms with Crippen LogP contribution in [-0.2, 0) is 6.54 Å². The van der Waals surface area contributed by atoms with Gasteiger partial charge < -0.3 is 10.1 Å². The van der Waals surface area contributed by atoms with Crippen molar-refractivity contribution < 1.29 is 4.74 Å². The standard InChI is InChI=1S/C16H20N2O/c1-3-4-7-10-19-16-15-9-6-5-8-13(15)11-14(18-16)12-17-2/h3,5-6,8-9,11,17H,1,4,7,10,12H2,2H3. The third-order valence-electron chi connectivity index (χ3n) is 2.91. The minimum absolute atomic E-state index is 0.673. The molecule has 0 aliphatic carbocycles. The minimum atomic E-state index is 0.673. The number of ether oxygens (including phenoxy) is 1. The molecule has 0 aliphatic heterocycles. The van der Waals surface area contributed by atoms with Crippen LogP contribution in [0.25, 0.3) is 10.8 Å². The second-order valence-electron chi connectivity index (χ2n) is 4.45. The van der Waals surface area contributed by atoms with Gasteiger partial charge in [-0.3, -0.25) is 0 Å². The molecule has 2 rings (SSSR count). The van der Waals surface area contributed by atoms with Gasteiger partial charge in [0.2, 0.25) is 5.88 Å². The molecule has 1 aromatic heterocycles. The van der Waals surface area contributed by atoms with Gasteiger partial charge in [-0.15, -0.1) is 6.58 Å². The fraction of sp³-hybridized carbons (Fsp3) is 0.312. The van der Waals surface area contributed by atoms with Crippen LogP contribution < -0.4 is 10.1 Å². The number of rotatable bonds is 7. The van der Waals surface area contributed by atoms with Crippen molar-refractivity contribution in [2.45, 2.75) is 19.4 Å². The number of hydrogen-bond donors (Lipinski definition) is 1. The highest BCUT2D eigenvalue weighted by Gasteiger charge is 2.06. The Hall–Kier alpha value is -1.87. The van der Waals surface area contributed by atoms with Gasteiger partial charge in [0.05, 0.1) is 12.3 Å². The normalized spacial score (nSPS) is 10.6. The lowest BCUT2D eigenvalue weighted by Gasteiger charge is -2.10. The van der Waals surface area contributed by atoms with Crippen molar-refractivity contribution in [2.24, 2.45) is 0 Å². The molecule has 2 aromatic rings. The number of fused-ring (bicyclic) bond motifs is 1. The van der Waals surface area contributed by atoms with Crippen LogP contribution in [0, 0.1) is 0 Å². The van der Waals surface area contributed by atoms with E-state index in [0.717, 1.165) is 36.3 Å². The van der Waals surface area contributed by atoms with Gasteiger partial charge in [0.1, 0.15) is 0 Å². The Morgan fingerprint density at radius 3 is 3.00 bits per heavy atom. The van der Waals surface area contributed by atoms with Gasteiger partial charge >= 0.3 is 0 Å².